The summed E-state index contributed by atoms with van der Waals surface area (Å²) in [5.74, 6) is 0.00117. The number of aryl methyl sites for hydroxylation is 1. The molecule has 0 aliphatic heterocycles. The molecule has 0 aliphatic carbocycles. The topological polar surface area (TPSA) is 59.9 Å². The number of carbonyl (C=O) groups is 2. The van der Waals surface area contributed by atoms with Crippen LogP contribution in [0.1, 0.15) is 32.1 Å². The molecule has 0 N–H and O–H groups in total. The molecule has 0 aliphatic rings. The van der Waals surface area contributed by atoms with E-state index in [0.717, 1.165) is 23.2 Å². The lowest BCUT2D eigenvalue weighted by molar-refractivity contribution is 0.0991. The van der Waals surface area contributed by atoms with E-state index in [9.17, 15) is 9.59 Å². The van der Waals surface area contributed by atoms with Crippen molar-refractivity contribution in [2.45, 2.75) is 13.3 Å². The molecule has 118 valence electrons. The second kappa shape index (κ2) is 6.96. The molecule has 0 atom stereocenters. The second-order valence-corrected chi connectivity index (χ2v) is 5.54. The fourth-order valence-electron chi connectivity index (χ4n) is 2.46. The fourth-order valence-corrected chi connectivity index (χ4v) is 2.46. The average Bonchev–Trinajstić information content (AvgIpc) is 2.62. The lowest BCUT2D eigenvalue weighted by atomic mass is 10.0. The summed E-state index contributed by atoms with van der Waals surface area (Å²) in [6.07, 6.45) is 2.68. The fraction of sp³-hybridized carbons (Fsp3) is 0.100. The molecule has 0 amide bonds. The monoisotopic (exact) mass is 316 g/mol. The van der Waals surface area contributed by atoms with E-state index in [1.54, 1.807) is 30.5 Å². The number of carbonyl (C=O) groups excluding carboxylic acids is 2. The van der Waals surface area contributed by atoms with Gasteiger partial charge in [-0.2, -0.15) is 0 Å². The lowest BCUT2D eigenvalue weighted by Crippen LogP contribution is -2.06. The first-order chi connectivity index (χ1) is 11.7. The van der Waals surface area contributed by atoms with E-state index in [0.29, 0.717) is 16.8 Å². The van der Waals surface area contributed by atoms with Crippen LogP contribution in [-0.2, 0) is 6.42 Å². The maximum absolute atomic E-state index is 12.5. The largest absolute Gasteiger partial charge is 0.298 e. The molecule has 3 aromatic rings. The molecule has 0 fully saturated rings. The Bertz CT molecular complexity index is 886. The molecule has 0 saturated carbocycles. The van der Waals surface area contributed by atoms with Crippen LogP contribution in [0.2, 0.25) is 0 Å². The van der Waals surface area contributed by atoms with E-state index in [1.165, 1.54) is 0 Å². The molecule has 0 unspecified atom stereocenters. The zero-order valence-electron chi connectivity index (χ0n) is 13.3. The van der Waals surface area contributed by atoms with Gasteiger partial charge >= 0.3 is 0 Å². The Morgan fingerprint density at radius 2 is 1.88 bits per heavy atom. The first kappa shape index (κ1) is 15.7. The van der Waals surface area contributed by atoms with Gasteiger partial charge in [0, 0.05) is 34.3 Å². The number of aromatic nitrogens is 2. The summed E-state index contributed by atoms with van der Waals surface area (Å²) in [4.78, 5) is 31.9. The number of aldehydes is 1. The number of hydrogen-bond donors (Lipinski definition) is 0. The van der Waals surface area contributed by atoms with Gasteiger partial charge in [0.1, 0.15) is 6.29 Å². The zero-order valence-corrected chi connectivity index (χ0v) is 13.3. The molecule has 0 bridgehead atoms. The summed E-state index contributed by atoms with van der Waals surface area (Å²) in [6, 6.07) is 16.2. The smallest absolute Gasteiger partial charge is 0.168 e. The third-order valence-electron chi connectivity index (χ3n) is 3.71. The summed E-state index contributed by atoms with van der Waals surface area (Å²) >= 11 is 0. The second-order valence-electron chi connectivity index (χ2n) is 5.54. The third kappa shape index (κ3) is 3.60. The average molecular weight is 316 g/mol. The Kier molecular flexibility index (Phi) is 4.57. The molecule has 4 nitrogen and oxygen atoms in total. The summed E-state index contributed by atoms with van der Waals surface area (Å²) in [6.45, 7) is 1.90. The van der Waals surface area contributed by atoms with Crippen LogP contribution >= 0.6 is 0 Å². The molecule has 2 aromatic heterocycles. The SMILES string of the molecule is Cc1cccc(CC(=O)c2ccnc(-c3ccc(C=O)cc3)c2)n1. The first-order valence-corrected chi connectivity index (χ1v) is 7.63. The van der Waals surface area contributed by atoms with Crippen LogP contribution < -0.4 is 0 Å². The molecule has 3 rings (SSSR count). The zero-order chi connectivity index (χ0) is 16.9. The van der Waals surface area contributed by atoms with E-state index in [1.807, 2.05) is 37.3 Å². The highest BCUT2D eigenvalue weighted by molar-refractivity contribution is 5.98. The van der Waals surface area contributed by atoms with Crippen molar-refractivity contribution in [3.63, 3.8) is 0 Å². The van der Waals surface area contributed by atoms with E-state index >= 15 is 0 Å². The van der Waals surface area contributed by atoms with Gasteiger partial charge in [-0.1, -0.05) is 30.3 Å². The van der Waals surface area contributed by atoms with Crippen LogP contribution in [0.4, 0.5) is 0 Å². The number of pyridine rings is 2. The van der Waals surface area contributed by atoms with E-state index in [4.69, 9.17) is 0 Å². The Morgan fingerprint density at radius 3 is 2.58 bits per heavy atom. The van der Waals surface area contributed by atoms with Crippen LogP contribution in [0.15, 0.2) is 60.8 Å². The standard InChI is InChI=1S/C20H16N2O2/c1-14-3-2-4-18(22-14)12-20(24)17-9-10-21-19(11-17)16-7-5-15(13-23)6-8-16/h2-11,13H,12H2,1H3. The van der Waals surface area contributed by atoms with Crippen LogP contribution in [-0.4, -0.2) is 22.0 Å². The van der Waals surface area contributed by atoms with Crippen molar-refractivity contribution in [3.05, 3.63) is 83.3 Å². The summed E-state index contributed by atoms with van der Waals surface area (Å²) in [7, 11) is 0. The predicted molar refractivity (Wildman–Crippen MR) is 92.1 cm³/mol. The van der Waals surface area contributed by atoms with Crippen LogP contribution in [0.5, 0.6) is 0 Å². The summed E-state index contributed by atoms with van der Waals surface area (Å²) in [5, 5.41) is 0. The van der Waals surface area contributed by atoms with Gasteiger partial charge in [-0.3, -0.25) is 19.6 Å². The predicted octanol–water partition coefficient (Wildman–Crippen LogP) is 3.69. The highest BCUT2D eigenvalue weighted by Gasteiger charge is 2.10. The molecule has 4 heteroatoms. The van der Waals surface area contributed by atoms with Gasteiger partial charge in [-0.15, -0.1) is 0 Å². The lowest BCUT2D eigenvalue weighted by Gasteiger charge is -2.05. The number of benzene rings is 1. The normalized spacial score (nSPS) is 10.4. The van der Waals surface area contributed by atoms with Gasteiger partial charge in [0.15, 0.2) is 5.78 Å². The Hall–Kier alpha value is -3.14. The van der Waals surface area contributed by atoms with Crippen molar-refractivity contribution in [2.24, 2.45) is 0 Å². The minimum atomic E-state index is 0.00117. The quantitative estimate of drug-likeness (QED) is 0.532. The van der Waals surface area contributed by atoms with Crippen molar-refractivity contribution in [1.82, 2.24) is 9.97 Å². The molecule has 2 heterocycles. The molecule has 0 saturated heterocycles. The van der Waals surface area contributed by atoms with Crippen LogP contribution in [0.25, 0.3) is 11.3 Å². The van der Waals surface area contributed by atoms with Gasteiger partial charge < -0.3 is 0 Å². The summed E-state index contributed by atoms with van der Waals surface area (Å²) in [5.41, 5.74) is 4.43. The number of hydrogen-bond acceptors (Lipinski definition) is 4. The molecular weight excluding hydrogens is 300 g/mol. The van der Waals surface area contributed by atoms with Crippen molar-refractivity contribution in [2.75, 3.05) is 0 Å². The number of ketones is 1. The first-order valence-electron chi connectivity index (χ1n) is 7.63. The van der Waals surface area contributed by atoms with Crippen molar-refractivity contribution >= 4 is 12.1 Å². The van der Waals surface area contributed by atoms with E-state index < -0.39 is 0 Å². The van der Waals surface area contributed by atoms with Crippen molar-refractivity contribution < 1.29 is 9.59 Å². The molecular formula is C20H16N2O2. The third-order valence-corrected chi connectivity index (χ3v) is 3.71. The van der Waals surface area contributed by atoms with Crippen molar-refractivity contribution in [1.29, 1.82) is 0 Å². The van der Waals surface area contributed by atoms with Crippen LogP contribution in [0.3, 0.4) is 0 Å². The van der Waals surface area contributed by atoms with Gasteiger partial charge in [0.05, 0.1) is 12.1 Å². The highest BCUT2D eigenvalue weighted by atomic mass is 16.1. The maximum atomic E-state index is 12.5. The highest BCUT2D eigenvalue weighted by Crippen LogP contribution is 2.19. The Labute approximate surface area is 140 Å². The van der Waals surface area contributed by atoms with Gasteiger partial charge in [-0.05, 0) is 31.2 Å². The molecule has 0 radical (unpaired) electrons. The minimum absolute atomic E-state index is 0.00117. The molecule has 24 heavy (non-hydrogen) atoms. The Balaban J connectivity index is 1.83. The van der Waals surface area contributed by atoms with Crippen molar-refractivity contribution in [3.8, 4) is 11.3 Å². The molecule has 0 spiro atoms. The minimum Gasteiger partial charge on any atom is -0.298 e. The maximum Gasteiger partial charge on any atom is 0.168 e. The van der Waals surface area contributed by atoms with Gasteiger partial charge in [0.25, 0.3) is 0 Å². The Morgan fingerprint density at radius 1 is 1.08 bits per heavy atom. The van der Waals surface area contributed by atoms with Gasteiger partial charge in [0.2, 0.25) is 0 Å². The summed E-state index contributed by atoms with van der Waals surface area (Å²) < 4.78 is 0. The number of Topliss-reactive ketones (excluding diaryl/α,β-unsaturated/α-hetero) is 1. The van der Waals surface area contributed by atoms with E-state index in [2.05, 4.69) is 9.97 Å². The number of nitrogens with zero attached hydrogens (tertiary/aromatic N) is 2. The number of rotatable bonds is 5. The van der Waals surface area contributed by atoms with E-state index in [-0.39, 0.29) is 12.2 Å². The van der Waals surface area contributed by atoms with Gasteiger partial charge in [-0.25, -0.2) is 0 Å². The van der Waals surface area contributed by atoms with Crippen LogP contribution in [0, 0.1) is 6.92 Å². The molecule has 1 aromatic carbocycles.